The van der Waals surface area contributed by atoms with Gasteiger partial charge in [-0.05, 0) is 61.6 Å². The van der Waals surface area contributed by atoms with Gasteiger partial charge in [0.05, 0.1) is 13.7 Å². The highest BCUT2D eigenvalue weighted by Crippen LogP contribution is 2.27. The molecule has 0 bridgehead atoms. The van der Waals surface area contributed by atoms with Crippen LogP contribution in [0.1, 0.15) is 29.2 Å². The highest BCUT2D eigenvalue weighted by molar-refractivity contribution is 7.89. The molecule has 0 aliphatic rings. The van der Waals surface area contributed by atoms with Crippen LogP contribution >= 0.6 is 0 Å². The number of carbonyl (C=O) groups excluding carboxylic acids is 1. The van der Waals surface area contributed by atoms with Gasteiger partial charge in [-0.3, -0.25) is 4.79 Å². The van der Waals surface area contributed by atoms with E-state index in [1.165, 1.54) is 7.11 Å². The third-order valence-corrected chi connectivity index (χ3v) is 5.92. The van der Waals surface area contributed by atoms with Gasteiger partial charge in [-0.2, -0.15) is 0 Å². The van der Waals surface area contributed by atoms with Crippen molar-refractivity contribution in [3.63, 3.8) is 0 Å². The van der Waals surface area contributed by atoms with Gasteiger partial charge < -0.3 is 10.1 Å². The minimum absolute atomic E-state index is 0.0195. The summed E-state index contributed by atoms with van der Waals surface area (Å²) in [5.41, 5.74) is 4.42. The first-order chi connectivity index (χ1) is 12.7. The van der Waals surface area contributed by atoms with Crippen LogP contribution in [-0.4, -0.2) is 28.0 Å². The minimum Gasteiger partial charge on any atom is -0.495 e. The Kier molecular flexibility index (Phi) is 6.62. The van der Waals surface area contributed by atoms with E-state index in [-0.39, 0.29) is 17.2 Å². The van der Waals surface area contributed by atoms with Gasteiger partial charge in [0.1, 0.15) is 10.6 Å². The fraction of sp³-hybridized carbons (Fsp3) is 0.350. The van der Waals surface area contributed by atoms with E-state index in [9.17, 15) is 13.2 Å². The summed E-state index contributed by atoms with van der Waals surface area (Å²) in [7, 11) is -2.47. The molecule has 1 amide bonds. The second-order valence-corrected chi connectivity index (χ2v) is 8.16. The highest BCUT2D eigenvalue weighted by atomic mass is 32.2. The second kappa shape index (κ2) is 8.54. The van der Waals surface area contributed by atoms with Crippen molar-refractivity contribution in [2.45, 2.75) is 39.0 Å². The van der Waals surface area contributed by atoms with Gasteiger partial charge in [0.15, 0.2) is 0 Å². The van der Waals surface area contributed by atoms with Crippen LogP contribution in [0.25, 0.3) is 0 Å². The molecule has 0 atom stereocenters. The Morgan fingerprint density at radius 1 is 1.07 bits per heavy atom. The lowest BCUT2D eigenvalue weighted by molar-refractivity contribution is -0.115. The van der Waals surface area contributed by atoms with Crippen molar-refractivity contribution < 1.29 is 17.9 Å². The predicted octanol–water partition coefficient (Wildman–Crippen LogP) is 3.10. The van der Waals surface area contributed by atoms with Crippen molar-refractivity contribution in [1.82, 2.24) is 4.72 Å². The molecule has 6 nitrogen and oxygen atoms in total. The molecule has 7 heteroatoms. The van der Waals surface area contributed by atoms with E-state index in [2.05, 4.69) is 10.0 Å². The van der Waals surface area contributed by atoms with Crippen molar-refractivity contribution in [2.75, 3.05) is 19.0 Å². The number of methoxy groups -OCH3 is 1. The van der Waals surface area contributed by atoms with Crippen molar-refractivity contribution in [1.29, 1.82) is 0 Å². The molecule has 2 N–H and O–H groups in total. The lowest BCUT2D eigenvalue weighted by Crippen LogP contribution is -2.33. The molecule has 0 unspecified atom stereocenters. The summed E-state index contributed by atoms with van der Waals surface area (Å²) in [6.07, 6.45) is 0.767. The third kappa shape index (κ3) is 4.87. The Bertz CT molecular complexity index is 953. The number of amides is 1. The summed E-state index contributed by atoms with van der Waals surface area (Å²) < 4.78 is 32.9. The molecular formula is C20H26N2O4S. The van der Waals surface area contributed by atoms with Crippen LogP contribution in [0.3, 0.4) is 0 Å². The largest absolute Gasteiger partial charge is 0.495 e. The van der Waals surface area contributed by atoms with Crippen LogP contribution in [0.15, 0.2) is 35.2 Å². The zero-order valence-corrected chi connectivity index (χ0v) is 17.2. The normalized spacial score (nSPS) is 11.3. The molecule has 2 rings (SSSR count). The number of carbonyl (C=O) groups is 1. The molecule has 0 aliphatic carbocycles. The average Bonchev–Trinajstić information content (AvgIpc) is 2.63. The first-order valence-electron chi connectivity index (χ1n) is 8.72. The van der Waals surface area contributed by atoms with Crippen LogP contribution in [0.5, 0.6) is 5.75 Å². The van der Waals surface area contributed by atoms with Gasteiger partial charge in [-0.15, -0.1) is 0 Å². The first-order valence-corrected chi connectivity index (χ1v) is 10.2. The van der Waals surface area contributed by atoms with Crippen LogP contribution in [0.4, 0.5) is 5.69 Å². The maximum atomic E-state index is 12.7. The quantitative estimate of drug-likeness (QED) is 0.761. The molecule has 0 fully saturated rings. The van der Waals surface area contributed by atoms with Gasteiger partial charge in [0.25, 0.3) is 0 Å². The molecule has 27 heavy (non-hydrogen) atoms. The SMILES string of the molecule is CCc1cccc(C)c1NC(=O)CNS(=O)(=O)c1cc(C)c(C)cc1OC. The van der Waals surface area contributed by atoms with E-state index in [0.29, 0.717) is 0 Å². The number of hydrogen-bond donors (Lipinski definition) is 2. The van der Waals surface area contributed by atoms with Crippen molar-refractivity contribution >= 4 is 21.6 Å². The molecule has 0 spiro atoms. The molecule has 2 aromatic carbocycles. The van der Waals surface area contributed by atoms with E-state index in [4.69, 9.17) is 4.74 Å². The number of sulfonamides is 1. The molecule has 0 saturated heterocycles. The van der Waals surface area contributed by atoms with E-state index in [1.54, 1.807) is 12.1 Å². The number of nitrogens with one attached hydrogen (secondary N) is 2. The number of hydrogen-bond acceptors (Lipinski definition) is 4. The molecule has 0 radical (unpaired) electrons. The van der Waals surface area contributed by atoms with Crippen molar-refractivity contribution in [3.8, 4) is 5.75 Å². The maximum absolute atomic E-state index is 12.7. The summed E-state index contributed by atoms with van der Waals surface area (Å²) in [5.74, 6) is -0.177. The number of para-hydroxylation sites is 1. The highest BCUT2D eigenvalue weighted by Gasteiger charge is 2.21. The Labute approximate surface area is 161 Å². The molecule has 0 saturated carbocycles. The summed E-state index contributed by atoms with van der Waals surface area (Å²) in [6.45, 7) is 7.24. The molecule has 2 aromatic rings. The molecule has 0 aromatic heterocycles. The van der Waals surface area contributed by atoms with Crippen LogP contribution in [0.2, 0.25) is 0 Å². The monoisotopic (exact) mass is 390 g/mol. The average molecular weight is 391 g/mol. The summed E-state index contributed by atoms with van der Waals surface area (Å²) in [4.78, 5) is 12.3. The fourth-order valence-corrected chi connectivity index (χ4v) is 3.97. The van der Waals surface area contributed by atoms with Crippen LogP contribution in [-0.2, 0) is 21.2 Å². The van der Waals surface area contributed by atoms with Gasteiger partial charge in [-0.1, -0.05) is 25.1 Å². The van der Waals surface area contributed by atoms with Gasteiger partial charge in [-0.25, -0.2) is 13.1 Å². The van der Waals surface area contributed by atoms with Crippen molar-refractivity contribution in [3.05, 3.63) is 52.6 Å². The van der Waals surface area contributed by atoms with Crippen molar-refractivity contribution in [2.24, 2.45) is 0 Å². The van der Waals surface area contributed by atoms with Gasteiger partial charge >= 0.3 is 0 Å². The number of anilines is 1. The number of benzene rings is 2. The van der Waals surface area contributed by atoms with E-state index >= 15 is 0 Å². The van der Waals surface area contributed by atoms with Crippen LogP contribution in [0, 0.1) is 20.8 Å². The lowest BCUT2D eigenvalue weighted by Gasteiger charge is -2.15. The van der Waals surface area contributed by atoms with E-state index < -0.39 is 15.9 Å². The van der Waals surface area contributed by atoms with E-state index in [1.807, 2.05) is 45.9 Å². The number of aryl methyl sites for hydroxylation is 4. The smallest absolute Gasteiger partial charge is 0.244 e. The lowest BCUT2D eigenvalue weighted by atomic mass is 10.1. The molecule has 0 aliphatic heterocycles. The van der Waals surface area contributed by atoms with Gasteiger partial charge in [0, 0.05) is 5.69 Å². The molecular weight excluding hydrogens is 364 g/mol. The fourth-order valence-electron chi connectivity index (χ4n) is 2.76. The minimum atomic E-state index is -3.89. The number of rotatable bonds is 7. The first kappa shape index (κ1) is 20.9. The van der Waals surface area contributed by atoms with Crippen LogP contribution < -0.4 is 14.8 Å². The molecule has 0 heterocycles. The zero-order chi connectivity index (χ0) is 20.2. The standard InChI is InChI=1S/C20H26N2O4S/c1-6-16-9-7-8-13(2)20(16)22-19(23)12-21-27(24,25)18-11-15(4)14(3)10-17(18)26-5/h7-11,21H,6,12H2,1-5H3,(H,22,23). The third-order valence-electron chi connectivity index (χ3n) is 4.50. The maximum Gasteiger partial charge on any atom is 0.244 e. The van der Waals surface area contributed by atoms with E-state index in [0.717, 1.165) is 34.4 Å². The number of ether oxygens (including phenoxy) is 1. The summed E-state index contributed by atoms with van der Waals surface area (Å²) >= 11 is 0. The predicted molar refractivity (Wildman–Crippen MR) is 107 cm³/mol. The summed E-state index contributed by atoms with van der Waals surface area (Å²) in [5, 5.41) is 2.81. The second-order valence-electron chi connectivity index (χ2n) is 6.42. The topological polar surface area (TPSA) is 84.5 Å². The summed E-state index contributed by atoms with van der Waals surface area (Å²) in [6, 6.07) is 8.99. The molecule has 146 valence electrons. The Morgan fingerprint density at radius 3 is 2.37 bits per heavy atom. The van der Waals surface area contributed by atoms with Gasteiger partial charge in [0.2, 0.25) is 15.9 Å². The Morgan fingerprint density at radius 2 is 1.74 bits per heavy atom. The zero-order valence-electron chi connectivity index (χ0n) is 16.3. The Balaban J connectivity index is 2.17. The Hall–Kier alpha value is -2.38.